The van der Waals surface area contributed by atoms with Gasteiger partial charge in [-0.05, 0) is 31.4 Å². The molecule has 0 spiro atoms. The second-order valence-corrected chi connectivity index (χ2v) is 6.72. The lowest BCUT2D eigenvalue weighted by molar-refractivity contribution is -0.148. The van der Waals surface area contributed by atoms with Crippen LogP contribution in [0.15, 0.2) is 30.3 Å². The van der Waals surface area contributed by atoms with Gasteiger partial charge in [-0.25, -0.2) is 0 Å². The van der Waals surface area contributed by atoms with Crippen LogP contribution in [0.1, 0.15) is 30.3 Å². The first-order chi connectivity index (χ1) is 12.8. The maximum Gasteiger partial charge on any atom is 0.451 e. The molecule has 0 N–H and O–H groups in total. The van der Waals surface area contributed by atoms with Crippen molar-refractivity contribution in [3.8, 4) is 0 Å². The van der Waals surface area contributed by atoms with Gasteiger partial charge >= 0.3 is 6.18 Å². The molecule has 0 bridgehead atoms. The second-order valence-electron chi connectivity index (χ2n) is 6.72. The maximum absolute atomic E-state index is 13.0. The van der Waals surface area contributed by atoms with Crippen molar-refractivity contribution in [3.63, 3.8) is 0 Å². The molecule has 1 aliphatic rings. The molecular weight excluding hydrogens is 359 g/mol. The van der Waals surface area contributed by atoms with Crippen LogP contribution in [0.25, 0.3) is 10.9 Å². The minimum atomic E-state index is -4.56. The maximum atomic E-state index is 13.0. The Bertz CT molecular complexity index is 1020. The Labute approximate surface area is 153 Å². The lowest BCUT2D eigenvalue weighted by Crippen LogP contribution is -2.43. The average Bonchev–Trinajstić information content (AvgIpc) is 3.17. The van der Waals surface area contributed by atoms with E-state index in [4.69, 9.17) is 0 Å². The smallest absolute Gasteiger partial charge is 0.335 e. The topological polar surface area (TPSA) is 56.0 Å². The number of carbonyl (C=O) groups excluding carboxylic acids is 1. The van der Waals surface area contributed by atoms with Crippen LogP contribution >= 0.6 is 0 Å². The number of fused-ring (bicyclic) bond motifs is 2. The number of aromatic nitrogens is 4. The number of hydrogen-bond donors (Lipinski definition) is 0. The molecule has 2 aromatic heterocycles. The summed E-state index contributed by atoms with van der Waals surface area (Å²) < 4.78 is 42.1. The molecule has 1 aromatic carbocycles. The largest absolute Gasteiger partial charge is 0.451 e. The van der Waals surface area contributed by atoms with Crippen LogP contribution in [0, 0.1) is 6.92 Å². The Kier molecular flexibility index (Phi) is 3.97. The van der Waals surface area contributed by atoms with E-state index in [0.717, 1.165) is 21.2 Å². The van der Waals surface area contributed by atoms with Crippen molar-refractivity contribution in [2.45, 2.75) is 39.2 Å². The number of rotatable bonds is 2. The van der Waals surface area contributed by atoms with Gasteiger partial charge in [0.1, 0.15) is 6.54 Å². The number of aryl methyl sites for hydroxylation is 1. The molecule has 142 valence electrons. The second kappa shape index (κ2) is 6.11. The Hall–Kier alpha value is -2.84. The highest BCUT2D eigenvalue weighted by Gasteiger charge is 2.41. The van der Waals surface area contributed by atoms with E-state index in [2.05, 4.69) is 10.2 Å². The first kappa shape index (κ1) is 17.6. The lowest BCUT2D eigenvalue weighted by atomic mass is 10.2. The van der Waals surface area contributed by atoms with Gasteiger partial charge in [-0.1, -0.05) is 18.2 Å². The summed E-state index contributed by atoms with van der Waals surface area (Å²) in [6, 6.07) is 9.21. The van der Waals surface area contributed by atoms with Crippen LogP contribution in [0.4, 0.5) is 13.2 Å². The van der Waals surface area contributed by atoms with Gasteiger partial charge in [-0.2, -0.15) is 13.2 Å². The number of nitrogens with zero attached hydrogens (tertiary/aromatic N) is 5. The van der Waals surface area contributed by atoms with E-state index in [9.17, 15) is 18.0 Å². The third-order valence-corrected chi connectivity index (χ3v) is 5.07. The minimum Gasteiger partial charge on any atom is -0.335 e. The van der Waals surface area contributed by atoms with E-state index in [0.29, 0.717) is 0 Å². The predicted octanol–water partition coefficient (Wildman–Crippen LogP) is 3.16. The van der Waals surface area contributed by atoms with Crippen LogP contribution in [-0.4, -0.2) is 36.7 Å². The normalized spacial score (nSPS) is 17.4. The summed E-state index contributed by atoms with van der Waals surface area (Å²) in [5, 5.41) is 8.03. The van der Waals surface area contributed by atoms with Gasteiger partial charge in [0.2, 0.25) is 11.7 Å². The fraction of sp³-hybridized carbons (Fsp3) is 0.389. The number of amides is 1. The summed E-state index contributed by atoms with van der Waals surface area (Å²) in [7, 11) is 0. The molecule has 1 unspecified atom stereocenters. The Balaban J connectivity index is 1.60. The molecule has 1 aliphatic heterocycles. The quantitative estimate of drug-likeness (QED) is 0.689. The molecule has 4 rings (SSSR count). The van der Waals surface area contributed by atoms with Crippen LogP contribution in [0.3, 0.4) is 0 Å². The lowest BCUT2D eigenvalue weighted by Gasteiger charge is -2.34. The summed E-state index contributed by atoms with van der Waals surface area (Å²) in [4.78, 5) is 14.5. The van der Waals surface area contributed by atoms with Crippen LogP contribution < -0.4 is 0 Å². The van der Waals surface area contributed by atoms with E-state index >= 15 is 0 Å². The van der Waals surface area contributed by atoms with Gasteiger partial charge in [0.25, 0.3) is 0 Å². The molecule has 0 fully saturated rings. The molecule has 6 nitrogen and oxygen atoms in total. The zero-order valence-corrected chi connectivity index (χ0v) is 14.9. The van der Waals surface area contributed by atoms with Crippen molar-refractivity contribution in [1.82, 2.24) is 24.2 Å². The van der Waals surface area contributed by atoms with Crippen LogP contribution in [-0.2, 0) is 24.1 Å². The number of benzene rings is 1. The van der Waals surface area contributed by atoms with Gasteiger partial charge < -0.3 is 14.0 Å². The monoisotopic (exact) mass is 377 g/mol. The van der Waals surface area contributed by atoms with Gasteiger partial charge in [0.05, 0.1) is 6.04 Å². The number of hydrogen-bond acceptors (Lipinski definition) is 3. The van der Waals surface area contributed by atoms with E-state index in [1.165, 1.54) is 0 Å². The molecule has 0 saturated heterocycles. The summed E-state index contributed by atoms with van der Waals surface area (Å²) in [5.74, 6) is -1.01. The highest BCUT2D eigenvalue weighted by molar-refractivity contribution is 5.84. The molecule has 3 aromatic rings. The number of para-hydroxylation sites is 1. The van der Waals surface area contributed by atoms with Gasteiger partial charge in [0.15, 0.2) is 5.82 Å². The highest BCUT2D eigenvalue weighted by atomic mass is 19.4. The third-order valence-electron chi connectivity index (χ3n) is 5.07. The van der Waals surface area contributed by atoms with Gasteiger partial charge in [-0.3, -0.25) is 4.79 Å². The number of halogens is 3. The molecule has 1 atom stereocenters. The molecule has 0 saturated carbocycles. The molecule has 3 heterocycles. The predicted molar refractivity (Wildman–Crippen MR) is 91.8 cm³/mol. The standard InChI is InChI=1S/C18H18F3N5O/c1-11-9-13-5-3-4-6-14(13)26(11)10-15(27)24-7-8-25-16(12(24)2)22-23-17(25)18(19,20)21/h3-6,9,12H,7-8,10H2,1-2H3. The van der Waals surface area contributed by atoms with Gasteiger partial charge in [0, 0.05) is 24.3 Å². The first-order valence-corrected chi connectivity index (χ1v) is 8.62. The van der Waals surface area contributed by atoms with Crippen molar-refractivity contribution in [1.29, 1.82) is 0 Å². The highest BCUT2D eigenvalue weighted by Crippen LogP contribution is 2.33. The summed E-state index contributed by atoms with van der Waals surface area (Å²) in [6.45, 7) is 3.95. The van der Waals surface area contributed by atoms with E-state index in [1.807, 2.05) is 41.8 Å². The molecule has 9 heteroatoms. The molecule has 0 aliphatic carbocycles. The number of alkyl halides is 3. The van der Waals surface area contributed by atoms with Crippen molar-refractivity contribution in [2.75, 3.05) is 6.54 Å². The van der Waals surface area contributed by atoms with Crippen molar-refractivity contribution < 1.29 is 18.0 Å². The van der Waals surface area contributed by atoms with Crippen LogP contribution in [0.5, 0.6) is 0 Å². The summed E-state index contributed by atoms with van der Waals surface area (Å²) in [5.41, 5.74) is 1.91. The Morgan fingerprint density at radius 3 is 2.70 bits per heavy atom. The Morgan fingerprint density at radius 2 is 1.96 bits per heavy atom. The zero-order chi connectivity index (χ0) is 19.3. The van der Waals surface area contributed by atoms with E-state index in [1.54, 1.807) is 11.8 Å². The zero-order valence-electron chi connectivity index (χ0n) is 14.9. The van der Waals surface area contributed by atoms with E-state index < -0.39 is 18.0 Å². The molecular formula is C18H18F3N5O. The minimum absolute atomic E-state index is 0.0265. The molecule has 27 heavy (non-hydrogen) atoms. The van der Waals surface area contributed by atoms with Gasteiger partial charge in [-0.15, -0.1) is 10.2 Å². The molecule has 0 radical (unpaired) electrons. The molecule has 1 amide bonds. The van der Waals surface area contributed by atoms with E-state index in [-0.39, 0.29) is 31.4 Å². The number of carbonyl (C=O) groups is 1. The van der Waals surface area contributed by atoms with Crippen molar-refractivity contribution in [3.05, 3.63) is 47.7 Å². The third kappa shape index (κ3) is 2.87. The summed E-state index contributed by atoms with van der Waals surface area (Å²) >= 11 is 0. The first-order valence-electron chi connectivity index (χ1n) is 8.62. The Morgan fingerprint density at radius 1 is 1.22 bits per heavy atom. The van der Waals surface area contributed by atoms with Crippen molar-refractivity contribution >= 4 is 16.8 Å². The SMILES string of the molecule is Cc1cc2ccccc2n1CC(=O)N1CCn2c(nnc2C(F)(F)F)C1C. The fourth-order valence-electron chi connectivity index (χ4n) is 3.72. The van der Waals surface area contributed by atoms with Crippen molar-refractivity contribution in [2.24, 2.45) is 0 Å². The van der Waals surface area contributed by atoms with Crippen LogP contribution in [0.2, 0.25) is 0 Å². The summed E-state index contributed by atoms with van der Waals surface area (Å²) in [6.07, 6.45) is -4.56. The average molecular weight is 377 g/mol. The fourth-order valence-corrected chi connectivity index (χ4v) is 3.72.